The molecule has 1 aromatic heterocycles. The molecule has 28 heavy (non-hydrogen) atoms. The minimum absolute atomic E-state index is 0.00860. The molecule has 2 aromatic rings. The molecular weight excluding hydrogens is 356 g/mol. The van der Waals surface area contributed by atoms with Gasteiger partial charge in [0.15, 0.2) is 0 Å². The van der Waals surface area contributed by atoms with E-state index >= 15 is 0 Å². The van der Waals surface area contributed by atoms with Gasteiger partial charge in [0, 0.05) is 69.7 Å². The van der Waals surface area contributed by atoms with Crippen molar-refractivity contribution in [3.05, 3.63) is 54.4 Å². The van der Waals surface area contributed by atoms with E-state index in [4.69, 9.17) is 0 Å². The van der Waals surface area contributed by atoms with Gasteiger partial charge in [0.25, 0.3) is 0 Å². The molecule has 3 rings (SSSR count). The van der Waals surface area contributed by atoms with Crippen LogP contribution in [0.4, 0.5) is 5.69 Å². The highest BCUT2D eigenvalue weighted by atomic mass is 16.3. The molecule has 7 nitrogen and oxygen atoms in total. The molecule has 148 valence electrons. The number of nitrogens with zero attached hydrogens (tertiary/aromatic N) is 3. The maximum Gasteiger partial charge on any atom is 0.224 e. The number of phenolic OH excluding ortho intramolecular Hbond substituents is 1. The molecule has 0 atom stereocenters. The maximum atomic E-state index is 12.5. The predicted molar refractivity (Wildman–Crippen MR) is 107 cm³/mol. The van der Waals surface area contributed by atoms with Gasteiger partial charge in [-0.3, -0.25) is 19.5 Å². The Morgan fingerprint density at radius 2 is 1.96 bits per heavy atom. The van der Waals surface area contributed by atoms with Gasteiger partial charge >= 0.3 is 0 Å². The van der Waals surface area contributed by atoms with E-state index in [1.54, 1.807) is 18.3 Å². The van der Waals surface area contributed by atoms with Crippen molar-refractivity contribution in [2.75, 3.05) is 31.5 Å². The third-order valence-corrected chi connectivity index (χ3v) is 4.77. The first kappa shape index (κ1) is 19.8. The van der Waals surface area contributed by atoms with Crippen LogP contribution in [-0.2, 0) is 16.1 Å². The van der Waals surface area contributed by atoms with E-state index in [0.717, 1.165) is 32.6 Å². The van der Waals surface area contributed by atoms with Crippen LogP contribution >= 0.6 is 0 Å². The zero-order chi connectivity index (χ0) is 19.8. The van der Waals surface area contributed by atoms with E-state index in [1.807, 2.05) is 17.2 Å². The van der Waals surface area contributed by atoms with Crippen molar-refractivity contribution in [1.82, 2.24) is 14.8 Å². The lowest BCUT2D eigenvalue weighted by Crippen LogP contribution is -2.35. The topological polar surface area (TPSA) is 85.8 Å². The summed E-state index contributed by atoms with van der Waals surface area (Å²) < 4.78 is 0. The van der Waals surface area contributed by atoms with Crippen LogP contribution in [0, 0.1) is 0 Å². The number of pyridine rings is 1. The Kier molecular flexibility index (Phi) is 6.97. The molecular formula is C21H26N4O3. The second kappa shape index (κ2) is 9.85. The fraction of sp³-hybridized carbons (Fsp3) is 0.381. The number of aromatic nitrogens is 1. The number of aromatic hydroxyl groups is 1. The molecule has 0 saturated carbocycles. The average Bonchev–Trinajstić information content (AvgIpc) is 2.93. The van der Waals surface area contributed by atoms with Crippen LogP contribution in [0.15, 0.2) is 48.8 Å². The highest BCUT2D eigenvalue weighted by molar-refractivity contribution is 5.93. The minimum atomic E-state index is -0.230. The number of anilines is 1. The second-order valence-electron chi connectivity index (χ2n) is 6.97. The maximum absolute atomic E-state index is 12.5. The SMILES string of the molecule is O=C(CCC(=O)N1CCCN(Cc2cccnc2)CC1)Nc1cccc(O)c1. The summed E-state index contributed by atoms with van der Waals surface area (Å²) in [6.45, 7) is 3.98. The summed E-state index contributed by atoms with van der Waals surface area (Å²) in [5.74, 6) is -0.129. The largest absolute Gasteiger partial charge is 0.508 e. The highest BCUT2D eigenvalue weighted by Gasteiger charge is 2.20. The van der Waals surface area contributed by atoms with Gasteiger partial charge in [-0.1, -0.05) is 12.1 Å². The number of carbonyl (C=O) groups is 2. The van der Waals surface area contributed by atoms with E-state index in [1.165, 1.54) is 17.7 Å². The van der Waals surface area contributed by atoms with Crippen molar-refractivity contribution in [2.24, 2.45) is 0 Å². The smallest absolute Gasteiger partial charge is 0.224 e. The van der Waals surface area contributed by atoms with E-state index < -0.39 is 0 Å². The fourth-order valence-corrected chi connectivity index (χ4v) is 3.31. The summed E-state index contributed by atoms with van der Waals surface area (Å²) in [4.78, 5) is 32.9. The zero-order valence-electron chi connectivity index (χ0n) is 15.9. The Balaban J connectivity index is 1.42. The monoisotopic (exact) mass is 382 g/mol. The van der Waals surface area contributed by atoms with Crippen molar-refractivity contribution >= 4 is 17.5 Å². The number of carbonyl (C=O) groups excluding carboxylic acids is 2. The minimum Gasteiger partial charge on any atom is -0.508 e. The first-order valence-electron chi connectivity index (χ1n) is 9.58. The molecule has 1 aliphatic heterocycles. The van der Waals surface area contributed by atoms with E-state index in [9.17, 15) is 14.7 Å². The summed E-state index contributed by atoms with van der Waals surface area (Å²) in [6, 6.07) is 10.4. The normalized spacial score (nSPS) is 15.1. The molecule has 1 fully saturated rings. The van der Waals surface area contributed by atoms with E-state index in [0.29, 0.717) is 12.2 Å². The molecule has 7 heteroatoms. The molecule has 2 heterocycles. The molecule has 1 aliphatic rings. The Hall–Kier alpha value is -2.93. The molecule has 0 radical (unpaired) electrons. The lowest BCUT2D eigenvalue weighted by atomic mass is 10.2. The second-order valence-corrected chi connectivity index (χ2v) is 6.97. The first-order valence-corrected chi connectivity index (χ1v) is 9.58. The quantitative estimate of drug-likeness (QED) is 0.800. The molecule has 0 spiro atoms. The van der Waals surface area contributed by atoms with Crippen LogP contribution in [0.1, 0.15) is 24.8 Å². The highest BCUT2D eigenvalue weighted by Crippen LogP contribution is 2.16. The Morgan fingerprint density at radius 1 is 1.07 bits per heavy atom. The van der Waals surface area contributed by atoms with Gasteiger partial charge in [-0.2, -0.15) is 0 Å². The molecule has 1 aromatic carbocycles. The van der Waals surface area contributed by atoms with Crippen LogP contribution in [0.3, 0.4) is 0 Å². The summed E-state index contributed by atoms with van der Waals surface area (Å²) in [5, 5.41) is 12.1. The standard InChI is InChI=1S/C21H26N4O3/c26-19-6-1-5-18(14-19)23-20(27)7-8-21(28)25-11-3-10-24(12-13-25)16-17-4-2-9-22-15-17/h1-2,4-6,9,14-15,26H,3,7-8,10-13,16H2,(H,23,27). The number of benzene rings is 1. The van der Waals surface area contributed by atoms with Crippen LogP contribution in [0.25, 0.3) is 0 Å². The Bertz CT molecular complexity index is 797. The number of hydrogen-bond acceptors (Lipinski definition) is 5. The molecule has 2 amide bonds. The molecule has 1 saturated heterocycles. The van der Waals surface area contributed by atoms with Gasteiger partial charge in [0.05, 0.1) is 0 Å². The molecule has 2 N–H and O–H groups in total. The fourth-order valence-electron chi connectivity index (χ4n) is 3.31. The van der Waals surface area contributed by atoms with Crippen LogP contribution in [-0.4, -0.2) is 57.9 Å². The Labute approximate surface area is 165 Å². The zero-order valence-corrected chi connectivity index (χ0v) is 15.9. The van der Waals surface area contributed by atoms with Gasteiger partial charge in [-0.15, -0.1) is 0 Å². The lowest BCUT2D eigenvalue weighted by molar-refractivity contribution is -0.132. The van der Waals surface area contributed by atoms with Crippen molar-refractivity contribution in [3.8, 4) is 5.75 Å². The third-order valence-electron chi connectivity index (χ3n) is 4.77. The lowest BCUT2D eigenvalue weighted by Gasteiger charge is -2.22. The third kappa shape index (κ3) is 6.06. The molecule has 0 bridgehead atoms. The summed E-state index contributed by atoms with van der Waals surface area (Å²) in [5.41, 5.74) is 1.70. The number of amides is 2. The van der Waals surface area contributed by atoms with E-state index in [-0.39, 0.29) is 30.4 Å². The van der Waals surface area contributed by atoms with Gasteiger partial charge in [-0.25, -0.2) is 0 Å². The number of nitrogens with one attached hydrogen (secondary N) is 1. The summed E-state index contributed by atoms with van der Waals surface area (Å²) in [6.07, 6.45) is 4.88. The van der Waals surface area contributed by atoms with Crippen molar-refractivity contribution in [2.45, 2.75) is 25.8 Å². The summed E-state index contributed by atoms with van der Waals surface area (Å²) in [7, 11) is 0. The molecule has 0 aliphatic carbocycles. The predicted octanol–water partition coefficient (Wildman–Crippen LogP) is 2.24. The van der Waals surface area contributed by atoms with Gasteiger partial charge in [0.1, 0.15) is 5.75 Å². The first-order chi connectivity index (χ1) is 13.6. The Morgan fingerprint density at radius 3 is 2.75 bits per heavy atom. The number of phenols is 1. The van der Waals surface area contributed by atoms with Crippen molar-refractivity contribution in [3.63, 3.8) is 0 Å². The van der Waals surface area contributed by atoms with E-state index in [2.05, 4.69) is 21.3 Å². The summed E-state index contributed by atoms with van der Waals surface area (Å²) >= 11 is 0. The molecule has 0 unspecified atom stereocenters. The van der Waals surface area contributed by atoms with Crippen LogP contribution < -0.4 is 5.32 Å². The van der Waals surface area contributed by atoms with Gasteiger partial charge in [0.2, 0.25) is 11.8 Å². The average molecular weight is 382 g/mol. The number of hydrogen-bond donors (Lipinski definition) is 2. The van der Waals surface area contributed by atoms with Crippen molar-refractivity contribution < 1.29 is 14.7 Å². The van der Waals surface area contributed by atoms with Crippen LogP contribution in [0.5, 0.6) is 5.75 Å². The van der Waals surface area contributed by atoms with Crippen molar-refractivity contribution in [1.29, 1.82) is 0 Å². The van der Waals surface area contributed by atoms with Gasteiger partial charge < -0.3 is 15.3 Å². The van der Waals surface area contributed by atoms with Crippen LogP contribution in [0.2, 0.25) is 0 Å². The van der Waals surface area contributed by atoms with Gasteiger partial charge in [-0.05, 0) is 30.2 Å². The number of rotatable bonds is 6.